The van der Waals surface area contributed by atoms with Gasteiger partial charge in [-0.15, -0.1) is 0 Å². The molecule has 3 heteroatoms. The summed E-state index contributed by atoms with van der Waals surface area (Å²) in [6.07, 6.45) is 0.168. The molecule has 0 radical (unpaired) electrons. The van der Waals surface area contributed by atoms with Crippen LogP contribution >= 0.6 is 0 Å². The lowest BCUT2D eigenvalue weighted by molar-refractivity contribution is -0.667. The van der Waals surface area contributed by atoms with E-state index >= 15 is 0 Å². The predicted octanol–water partition coefficient (Wildman–Crippen LogP) is 1.57. The maximum Gasteiger partial charge on any atom is 0.161 e. The van der Waals surface area contributed by atoms with Crippen molar-refractivity contribution in [2.75, 3.05) is 13.7 Å². The average Bonchev–Trinajstić information content (AvgIpc) is 2.27. The fourth-order valence-electron chi connectivity index (χ4n) is 1.50. The van der Waals surface area contributed by atoms with E-state index in [2.05, 4.69) is 18.3 Å². The number of methoxy groups -OCH3 is 1. The standard InChI is InChI=1S/C13H21NO2/c1-5-14-9-11-6-7-12(16-10(2)3)13(8-11)15-4/h6-8,10,14H,5,9H2,1-4H3/p+1. The van der Waals surface area contributed by atoms with Crippen molar-refractivity contribution in [1.29, 1.82) is 0 Å². The zero-order valence-electron chi connectivity index (χ0n) is 10.6. The summed E-state index contributed by atoms with van der Waals surface area (Å²) in [6, 6.07) is 6.12. The van der Waals surface area contributed by atoms with Gasteiger partial charge in [-0.05, 0) is 39.0 Å². The van der Waals surface area contributed by atoms with Crippen LogP contribution in [0.5, 0.6) is 11.5 Å². The van der Waals surface area contributed by atoms with Crippen molar-refractivity contribution >= 4 is 0 Å². The molecule has 1 aromatic rings. The number of hydrogen-bond donors (Lipinski definition) is 1. The summed E-state index contributed by atoms with van der Waals surface area (Å²) >= 11 is 0. The van der Waals surface area contributed by atoms with Crippen molar-refractivity contribution in [3.05, 3.63) is 23.8 Å². The van der Waals surface area contributed by atoms with Crippen molar-refractivity contribution in [2.24, 2.45) is 0 Å². The first-order valence-electron chi connectivity index (χ1n) is 5.82. The number of rotatable bonds is 6. The summed E-state index contributed by atoms with van der Waals surface area (Å²) in [5, 5.41) is 2.25. The lowest BCUT2D eigenvalue weighted by Crippen LogP contribution is -2.81. The highest BCUT2D eigenvalue weighted by atomic mass is 16.5. The third-order valence-corrected chi connectivity index (χ3v) is 2.26. The summed E-state index contributed by atoms with van der Waals surface area (Å²) in [5.74, 6) is 1.63. The van der Waals surface area contributed by atoms with Gasteiger partial charge in [0.15, 0.2) is 11.5 Å². The summed E-state index contributed by atoms with van der Waals surface area (Å²) in [6.45, 7) is 8.24. The smallest absolute Gasteiger partial charge is 0.161 e. The molecular weight excluding hydrogens is 202 g/mol. The Labute approximate surface area is 97.8 Å². The van der Waals surface area contributed by atoms with Crippen LogP contribution in [0, 0.1) is 0 Å². The Morgan fingerprint density at radius 1 is 1.25 bits per heavy atom. The highest BCUT2D eigenvalue weighted by molar-refractivity contribution is 5.42. The number of quaternary nitrogens is 1. The summed E-state index contributed by atoms with van der Waals surface area (Å²) in [4.78, 5) is 0. The van der Waals surface area contributed by atoms with Crippen LogP contribution in [0.2, 0.25) is 0 Å². The number of hydrogen-bond acceptors (Lipinski definition) is 2. The first-order chi connectivity index (χ1) is 7.67. The first kappa shape index (κ1) is 12.8. The molecule has 1 rings (SSSR count). The fraction of sp³-hybridized carbons (Fsp3) is 0.538. The van der Waals surface area contributed by atoms with E-state index in [1.165, 1.54) is 5.56 Å². The highest BCUT2D eigenvalue weighted by Gasteiger charge is 2.07. The summed E-state index contributed by atoms with van der Waals surface area (Å²) in [7, 11) is 1.68. The van der Waals surface area contributed by atoms with Gasteiger partial charge in [-0.2, -0.15) is 0 Å². The van der Waals surface area contributed by atoms with Crippen LogP contribution in [-0.2, 0) is 6.54 Å². The molecule has 0 aliphatic carbocycles. The van der Waals surface area contributed by atoms with E-state index in [1.54, 1.807) is 7.11 Å². The Hall–Kier alpha value is -1.22. The minimum Gasteiger partial charge on any atom is -0.493 e. The van der Waals surface area contributed by atoms with Crippen molar-refractivity contribution in [3.8, 4) is 11.5 Å². The van der Waals surface area contributed by atoms with Gasteiger partial charge in [-0.3, -0.25) is 0 Å². The summed E-state index contributed by atoms with van der Waals surface area (Å²) in [5.41, 5.74) is 1.26. The zero-order valence-corrected chi connectivity index (χ0v) is 10.6. The molecule has 90 valence electrons. The van der Waals surface area contributed by atoms with Gasteiger partial charge >= 0.3 is 0 Å². The molecule has 0 aliphatic rings. The molecule has 0 atom stereocenters. The van der Waals surface area contributed by atoms with E-state index in [4.69, 9.17) is 9.47 Å². The molecule has 16 heavy (non-hydrogen) atoms. The molecule has 0 bridgehead atoms. The topological polar surface area (TPSA) is 35.1 Å². The Morgan fingerprint density at radius 2 is 2.00 bits per heavy atom. The molecule has 2 N–H and O–H groups in total. The Kier molecular flexibility index (Phi) is 5.12. The largest absolute Gasteiger partial charge is 0.493 e. The lowest BCUT2D eigenvalue weighted by Gasteiger charge is -2.14. The number of nitrogens with two attached hydrogens (primary N) is 1. The molecule has 0 aromatic heterocycles. The first-order valence-corrected chi connectivity index (χ1v) is 5.82. The van der Waals surface area contributed by atoms with Crippen LogP contribution in [-0.4, -0.2) is 19.8 Å². The highest BCUT2D eigenvalue weighted by Crippen LogP contribution is 2.28. The van der Waals surface area contributed by atoms with E-state index in [0.717, 1.165) is 24.6 Å². The summed E-state index contributed by atoms with van der Waals surface area (Å²) < 4.78 is 11.0. The maximum atomic E-state index is 5.66. The monoisotopic (exact) mass is 224 g/mol. The van der Waals surface area contributed by atoms with Crippen LogP contribution in [0.3, 0.4) is 0 Å². The molecule has 3 nitrogen and oxygen atoms in total. The molecular formula is C13H22NO2+. The number of ether oxygens (including phenoxy) is 2. The van der Waals surface area contributed by atoms with Crippen LogP contribution in [0.25, 0.3) is 0 Å². The van der Waals surface area contributed by atoms with Crippen LogP contribution in [0.4, 0.5) is 0 Å². The normalized spacial score (nSPS) is 10.6. The Morgan fingerprint density at radius 3 is 2.56 bits per heavy atom. The van der Waals surface area contributed by atoms with Crippen molar-refractivity contribution in [3.63, 3.8) is 0 Å². The fourth-order valence-corrected chi connectivity index (χ4v) is 1.50. The predicted molar refractivity (Wildman–Crippen MR) is 64.9 cm³/mol. The van der Waals surface area contributed by atoms with E-state index < -0.39 is 0 Å². The number of benzene rings is 1. The van der Waals surface area contributed by atoms with E-state index in [1.807, 2.05) is 26.0 Å². The van der Waals surface area contributed by atoms with Crippen molar-refractivity contribution in [1.82, 2.24) is 0 Å². The third-order valence-electron chi connectivity index (χ3n) is 2.26. The van der Waals surface area contributed by atoms with Gasteiger partial charge in [0.2, 0.25) is 0 Å². The molecule has 0 heterocycles. The minimum atomic E-state index is 0.168. The lowest BCUT2D eigenvalue weighted by atomic mass is 10.2. The van der Waals surface area contributed by atoms with Gasteiger partial charge in [0.25, 0.3) is 0 Å². The van der Waals surface area contributed by atoms with Gasteiger partial charge in [-0.1, -0.05) is 0 Å². The van der Waals surface area contributed by atoms with Gasteiger partial charge in [0.1, 0.15) is 6.54 Å². The Balaban J connectivity index is 2.79. The van der Waals surface area contributed by atoms with E-state index in [9.17, 15) is 0 Å². The molecule has 0 fully saturated rings. The van der Waals surface area contributed by atoms with Crippen LogP contribution in [0.1, 0.15) is 26.3 Å². The minimum absolute atomic E-state index is 0.168. The quantitative estimate of drug-likeness (QED) is 0.796. The average molecular weight is 224 g/mol. The molecule has 1 aromatic carbocycles. The van der Waals surface area contributed by atoms with Gasteiger partial charge < -0.3 is 14.8 Å². The molecule has 0 saturated carbocycles. The second-order valence-corrected chi connectivity index (χ2v) is 4.05. The Bertz CT molecular complexity index is 324. The van der Waals surface area contributed by atoms with Crippen molar-refractivity contribution in [2.45, 2.75) is 33.4 Å². The van der Waals surface area contributed by atoms with Crippen LogP contribution < -0.4 is 14.8 Å². The zero-order chi connectivity index (χ0) is 12.0. The molecule has 0 amide bonds. The second-order valence-electron chi connectivity index (χ2n) is 4.05. The van der Waals surface area contributed by atoms with Gasteiger partial charge in [-0.25, -0.2) is 0 Å². The van der Waals surface area contributed by atoms with Gasteiger partial charge in [0.05, 0.1) is 19.8 Å². The molecule has 0 spiro atoms. The SMILES string of the molecule is CC[NH2+]Cc1ccc(OC(C)C)c(OC)c1. The van der Waals surface area contributed by atoms with Crippen LogP contribution in [0.15, 0.2) is 18.2 Å². The second kappa shape index (κ2) is 6.38. The molecule has 0 unspecified atom stereocenters. The molecule has 0 aliphatic heterocycles. The van der Waals surface area contributed by atoms with Crippen molar-refractivity contribution < 1.29 is 14.8 Å². The maximum absolute atomic E-state index is 5.66. The van der Waals surface area contributed by atoms with E-state index in [-0.39, 0.29) is 6.10 Å². The van der Waals surface area contributed by atoms with Gasteiger partial charge in [0, 0.05) is 5.56 Å². The molecule has 0 saturated heterocycles. The third kappa shape index (κ3) is 3.74. The van der Waals surface area contributed by atoms with E-state index in [0.29, 0.717) is 0 Å².